The fourth-order valence-corrected chi connectivity index (χ4v) is 3.36. The minimum Gasteiger partial charge on any atom is -0.490 e. The van der Waals surface area contributed by atoms with Gasteiger partial charge in [0.25, 0.3) is 0 Å². The van der Waals surface area contributed by atoms with E-state index in [1.54, 1.807) is 0 Å². The highest BCUT2D eigenvalue weighted by Gasteiger charge is 2.12. The lowest BCUT2D eigenvalue weighted by Crippen LogP contribution is -2.17. The molecule has 3 rings (SSSR count). The van der Waals surface area contributed by atoms with Crippen LogP contribution in [0.15, 0.2) is 48.5 Å². The largest absolute Gasteiger partial charge is 0.490 e. The van der Waals surface area contributed by atoms with Gasteiger partial charge in [0.15, 0.2) is 0 Å². The maximum Gasteiger partial charge on any atom is 0.135 e. The molecule has 2 heteroatoms. The molecule has 0 aliphatic heterocycles. The monoisotopic (exact) mass is 336 g/mol. The third kappa shape index (κ3) is 4.32. The van der Waals surface area contributed by atoms with Crippen molar-refractivity contribution in [2.24, 2.45) is 0 Å². The van der Waals surface area contributed by atoms with Crippen molar-refractivity contribution in [3.63, 3.8) is 0 Å². The Labute approximate surface area is 150 Å². The first-order valence-electron chi connectivity index (χ1n) is 9.42. The van der Waals surface area contributed by atoms with Gasteiger partial charge in [-0.1, -0.05) is 74.6 Å². The van der Waals surface area contributed by atoms with Gasteiger partial charge in [-0.3, -0.25) is 0 Å². The van der Waals surface area contributed by atoms with Crippen molar-refractivity contribution in [2.75, 3.05) is 6.61 Å². The summed E-state index contributed by atoms with van der Waals surface area (Å²) in [7, 11) is 0. The van der Waals surface area contributed by atoms with Crippen molar-refractivity contribution in [2.45, 2.75) is 52.1 Å². The lowest BCUT2D eigenvalue weighted by atomic mass is 10.0. The number of hydrogen-bond donors (Lipinski definition) is 1. The third-order valence-corrected chi connectivity index (χ3v) is 4.78. The maximum atomic E-state index is 10.3. The molecule has 0 fully saturated rings. The van der Waals surface area contributed by atoms with E-state index in [2.05, 4.69) is 56.3 Å². The molecule has 3 aromatic carbocycles. The normalized spacial score (nSPS) is 12.6. The van der Waals surface area contributed by atoms with Crippen LogP contribution in [-0.2, 0) is 0 Å². The average Bonchev–Trinajstić information content (AvgIpc) is 2.62. The Bertz CT molecular complexity index is 838. The van der Waals surface area contributed by atoms with Crippen molar-refractivity contribution >= 4 is 21.5 Å². The second-order valence-corrected chi connectivity index (χ2v) is 6.97. The molecule has 3 aromatic rings. The summed E-state index contributed by atoms with van der Waals surface area (Å²) in [6, 6.07) is 17.0. The fraction of sp³-hybridized carbons (Fsp3) is 0.391. The number of aliphatic hydroxyl groups excluding tert-OH is 1. The van der Waals surface area contributed by atoms with Crippen LogP contribution in [0.25, 0.3) is 21.5 Å². The number of unbranched alkanes of at least 4 members (excludes halogenated alkanes) is 3. The third-order valence-electron chi connectivity index (χ3n) is 4.78. The second-order valence-electron chi connectivity index (χ2n) is 6.97. The van der Waals surface area contributed by atoms with E-state index in [9.17, 15) is 5.11 Å². The number of hydrogen-bond acceptors (Lipinski definition) is 2. The number of ether oxygens (including phenoxy) is 1. The summed E-state index contributed by atoms with van der Waals surface area (Å²) < 4.78 is 6.16. The lowest BCUT2D eigenvalue weighted by Gasteiger charge is -2.16. The quantitative estimate of drug-likeness (QED) is 0.403. The molecular weight excluding hydrogens is 308 g/mol. The van der Waals surface area contributed by atoms with E-state index in [4.69, 9.17) is 4.74 Å². The molecule has 0 heterocycles. The minimum absolute atomic E-state index is 0.350. The molecule has 1 N–H and O–H groups in total. The van der Waals surface area contributed by atoms with Crippen LogP contribution in [0.4, 0.5) is 0 Å². The highest BCUT2D eigenvalue weighted by molar-refractivity contribution is 6.05. The Balaban J connectivity index is 1.84. The molecule has 2 nitrogen and oxygen atoms in total. The highest BCUT2D eigenvalue weighted by Crippen LogP contribution is 2.35. The van der Waals surface area contributed by atoms with Crippen LogP contribution in [-0.4, -0.2) is 17.8 Å². The molecular formula is C23H28O2. The Morgan fingerprint density at radius 1 is 0.920 bits per heavy atom. The molecule has 1 atom stereocenters. The molecule has 132 valence electrons. The molecule has 0 amide bonds. The van der Waals surface area contributed by atoms with Gasteiger partial charge < -0.3 is 9.84 Å². The zero-order chi connectivity index (χ0) is 17.6. The van der Waals surface area contributed by atoms with Gasteiger partial charge in [0.2, 0.25) is 0 Å². The van der Waals surface area contributed by atoms with E-state index in [1.165, 1.54) is 35.6 Å². The van der Waals surface area contributed by atoms with Gasteiger partial charge in [-0.2, -0.15) is 0 Å². The van der Waals surface area contributed by atoms with Gasteiger partial charge in [-0.25, -0.2) is 0 Å². The number of fused-ring (bicyclic) bond motifs is 2. The lowest BCUT2D eigenvalue weighted by molar-refractivity contribution is 0.0990. The van der Waals surface area contributed by atoms with Crippen molar-refractivity contribution in [1.29, 1.82) is 0 Å². The van der Waals surface area contributed by atoms with Gasteiger partial charge in [0.05, 0.1) is 6.10 Å². The van der Waals surface area contributed by atoms with E-state index in [-0.39, 0.29) is 0 Å². The van der Waals surface area contributed by atoms with Gasteiger partial charge in [0, 0.05) is 10.8 Å². The summed E-state index contributed by atoms with van der Waals surface area (Å²) in [5.74, 6) is 0.893. The Hall–Kier alpha value is -2.06. The van der Waals surface area contributed by atoms with Crippen molar-refractivity contribution in [3.8, 4) is 5.75 Å². The number of benzene rings is 3. The minimum atomic E-state index is -0.407. The Morgan fingerprint density at radius 3 is 2.56 bits per heavy atom. The molecule has 0 radical (unpaired) electrons. The zero-order valence-corrected chi connectivity index (χ0v) is 15.3. The first-order valence-corrected chi connectivity index (χ1v) is 9.42. The van der Waals surface area contributed by atoms with E-state index in [0.717, 1.165) is 29.4 Å². The van der Waals surface area contributed by atoms with Crippen molar-refractivity contribution in [3.05, 3.63) is 54.1 Å². The summed E-state index contributed by atoms with van der Waals surface area (Å²) in [5.41, 5.74) is 1.22. The van der Waals surface area contributed by atoms with E-state index in [0.29, 0.717) is 6.61 Å². The van der Waals surface area contributed by atoms with Crippen LogP contribution in [0.5, 0.6) is 5.75 Å². The first-order chi connectivity index (χ1) is 12.2. The summed E-state index contributed by atoms with van der Waals surface area (Å²) in [5, 5.41) is 14.9. The Morgan fingerprint density at radius 2 is 1.72 bits per heavy atom. The van der Waals surface area contributed by atoms with Crippen LogP contribution in [0.2, 0.25) is 0 Å². The van der Waals surface area contributed by atoms with E-state index in [1.807, 2.05) is 6.07 Å². The van der Waals surface area contributed by atoms with Gasteiger partial charge >= 0.3 is 0 Å². The van der Waals surface area contributed by atoms with Crippen LogP contribution >= 0.6 is 0 Å². The fourth-order valence-electron chi connectivity index (χ4n) is 3.36. The van der Waals surface area contributed by atoms with Crippen LogP contribution < -0.4 is 4.74 Å². The molecule has 0 aliphatic rings. The number of aryl methyl sites for hydroxylation is 1. The molecule has 0 aromatic heterocycles. The number of aliphatic hydroxyl groups is 1. The van der Waals surface area contributed by atoms with Gasteiger partial charge in [-0.15, -0.1) is 0 Å². The smallest absolute Gasteiger partial charge is 0.135 e. The second kappa shape index (κ2) is 8.35. The SMILES string of the molecule is CCCCCCC(O)COc1c2ccccc2cc2ccc(C)cc12. The Kier molecular flexibility index (Phi) is 5.93. The molecule has 1 unspecified atom stereocenters. The molecule has 0 saturated carbocycles. The van der Waals surface area contributed by atoms with Crippen LogP contribution in [0, 0.1) is 6.92 Å². The molecule has 0 bridgehead atoms. The highest BCUT2D eigenvalue weighted by atomic mass is 16.5. The maximum absolute atomic E-state index is 10.3. The average molecular weight is 336 g/mol. The predicted molar refractivity (Wildman–Crippen MR) is 106 cm³/mol. The standard InChI is InChI=1S/C23H28O2/c1-3-4-5-6-10-20(24)16-25-23-21-11-8-7-9-18(21)15-19-13-12-17(2)14-22(19)23/h7-9,11-15,20,24H,3-6,10,16H2,1-2H3. The summed E-state index contributed by atoms with van der Waals surface area (Å²) in [6.45, 7) is 4.65. The van der Waals surface area contributed by atoms with Crippen LogP contribution in [0.3, 0.4) is 0 Å². The first kappa shape index (κ1) is 17.8. The van der Waals surface area contributed by atoms with Gasteiger partial charge in [-0.05, 0) is 36.2 Å². The number of rotatable bonds is 8. The van der Waals surface area contributed by atoms with Crippen LogP contribution in [0.1, 0.15) is 44.6 Å². The summed E-state index contributed by atoms with van der Waals surface area (Å²) in [6.07, 6.45) is 5.10. The van der Waals surface area contributed by atoms with Crippen molar-refractivity contribution in [1.82, 2.24) is 0 Å². The topological polar surface area (TPSA) is 29.5 Å². The summed E-state index contributed by atoms with van der Waals surface area (Å²) >= 11 is 0. The van der Waals surface area contributed by atoms with Crippen molar-refractivity contribution < 1.29 is 9.84 Å². The predicted octanol–water partition coefficient (Wildman–Crippen LogP) is 6.01. The van der Waals surface area contributed by atoms with E-state index < -0.39 is 6.10 Å². The van der Waals surface area contributed by atoms with Gasteiger partial charge in [0.1, 0.15) is 12.4 Å². The molecule has 0 spiro atoms. The molecule has 0 aliphatic carbocycles. The van der Waals surface area contributed by atoms with E-state index >= 15 is 0 Å². The zero-order valence-electron chi connectivity index (χ0n) is 15.3. The summed E-state index contributed by atoms with van der Waals surface area (Å²) in [4.78, 5) is 0. The molecule has 0 saturated heterocycles. The molecule has 25 heavy (non-hydrogen) atoms.